The maximum Gasteiger partial charge on any atom is 0.315 e. The molecule has 0 atom stereocenters. The van der Waals surface area contributed by atoms with E-state index in [4.69, 9.17) is 14.2 Å². The van der Waals surface area contributed by atoms with E-state index in [1.165, 1.54) is 0 Å². The smallest absolute Gasteiger partial charge is 0.315 e. The lowest BCUT2D eigenvalue weighted by Crippen LogP contribution is -2.39. The van der Waals surface area contributed by atoms with Gasteiger partial charge in [-0.05, 0) is 55.3 Å². The molecule has 26 heavy (non-hydrogen) atoms. The first-order valence-electron chi connectivity index (χ1n) is 8.57. The van der Waals surface area contributed by atoms with Gasteiger partial charge in [0.2, 0.25) is 0 Å². The minimum Gasteiger partial charge on any atom is -0.497 e. The van der Waals surface area contributed by atoms with Crippen molar-refractivity contribution in [2.75, 3.05) is 33.4 Å². The fourth-order valence-electron chi connectivity index (χ4n) is 2.26. The Kier molecular flexibility index (Phi) is 7.61. The number of benzene rings is 2. The largest absolute Gasteiger partial charge is 0.497 e. The van der Waals surface area contributed by atoms with Gasteiger partial charge in [-0.3, -0.25) is 0 Å². The van der Waals surface area contributed by atoms with E-state index in [2.05, 4.69) is 10.6 Å². The van der Waals surface area contributed by atoms with Crippen molar-refractivity contribution < 1.29 is 19.0 Å². The summed E-state index contributed by atoms with van der Waals surface area (Å²) in [6, 6.07) is 13.1. The van der Waals surface area contributed by atoms with E-state index < -0.39 is 0 Å². The maximum absolute atomic E-state index is 11.7. The van der Waals surface area contributed by atoms with Crippen LogP contribution in [-0.2, 0) is 0 Å². The van der Waals surface area contributed by atoms with Crippen LogP contribution >= 0.6 is 0 Å². The standard InChI is InChI=1S/C20H26N2O4/c1-15-4-5-16(2)19(14-15)26-13-11-22-20(23)21-10-12-25-18-8-6-17(24-3)7-9-18/h4-9,14H,10-13H2,1-3H3,(H2,21,22,23). The molecule has 0 aromatic heterocycles. The molecule has 0 radical (unpaired) electrons. The number of carbonyl (C=O) groups is 1. The second-order valence-corrected chi connectivity index (χ2v) is 5.82. The molecule has 0 heterocycles. The van der Waals surface area contributed by atoms with Crippen molar-refractivity contribution >= 4 is 6.03 Å². The van der Waals surface area contributed by atoms with E-state index in [1.54, 1.807) is 7.11 Å². The van der Waals surface area contributed by atoms with Crippen LogP contribution in [-0.4, -0.2) is 39.4 Å². The van der Waals surface area contributed by atoms with Crippen molar-refractivity contribution in [3.63, 3.8) is 0 Å². The fourth-order valence-corrected chi connectivity index (χ4v) is 2.26. The highest BCUT2D eigenvalue weighted by Gasteiger charge is 2.02. The summed E-state index contributed by atoms with van der Waals surface area (Å²) in [5, 5.41) is 5.49. The van der Waals surface area contributed by atoms with Gasteiger partial charge >= 0.3 is 6.03 Å². The molecule has 0 aliphatic rings. The average molecular weight is 358 g/mol. The zero-order valence-corrected chi connectivity index (χ0v) is 15.5. The van der Waals surface area contributed by atoms with E-state index in [0.717, 1.165) is 28.4 Å². The van der Waals surface area contributed by atoms with Gasteiger partial charge in [-0.15, -0.1) is 0 Å². The van der Waals surface area contributed by atoms with Gasteiger partial charge in [0.1, 0.15) is 30.5 Å². The molecule has 0 unspecified atom stereocenters. The molecule has 6 heteroatoms. The zero-order valence-electron chi connectivity index (χ0n) is 15.5. The highest BCUT2D eigenvalue weighted by molar-refractivity contribution is 5.73. The van der Waals surface area contributed by atoms with Crippen LogP contribution in [0.5, 0.6) is 17.2 Å². The number of carbonyl (C=O) groups excluding carboxylic acids is 1. The first kappa shape index (κ1) is 19.4. The predicted octanol–water partition coefficient (Wildman–Crippen LogP) is 3.07. The van der Waals surface area contributed by atoms with Crippen LogP contribution in [0.2, 0.25) is 0 Å². The number of hydrogen-bond donors (Lipinski definition) is 2. The number of nitrogens with one attached hydrogen (secondary N) is 2. The second-order valence-electron chi connectivity index (χ2n) is 5.82. The number of aryl methyl sites for hydroxylation is 2. The first-order chi connectivity index (χ1) is 12.6. The lowest BCUT2D eigenvalue weighted by atomic mass is 10.1. The summed E-state index contributed by atoms with van der Waals surface area (Å²) >= 11 is 0. The maximum atomic E-state index is 11.7. The second kappa shape index (κ2) is 10.2. The SMILES string of the molecule is COc1ccc(OCCNC(=O)NCCOc2cc(C)ccc2C)cc1. The molecule has 0 fully saturated rings. The Morgan fingerprint density at radius 1 is 0.885 bits per heavy atom. The van der Waals surface area contributed by atoms with Crippen LogP contribution < -0.4 is 24.8 Å². The number of amides is 2. The van der Waals surface area contributed by atoms with E-state index in [9.17, 15) is 4.79 Å². The molecular formula is C20H26N2O4. The molecule has 2 amide bonds. The number of rotatable bonds is 9. The summed E-state index contributed by atoms with van der Waals surface area (Å²) in [6.45, 7) is 5.66. The molecular weight excluding hydrogens is 332 g/mol. The summed E-state index contributed by atoms with van der Waals surface area (Å²) in [5.74, 6) is 2.35. The third-order valence-corrected chi connectivity index (χ3v) is 3.70. The Balaban J connectivity index is 1.56. The Morgan fingerprint density at radius 2 is 1.50 bits per heavy atom. The van der Waals surface area contributed by atoms with E-state index in [0.29, 0.717) is 26.3 Å². The van der Waals surface area contributed by atoms with E-state index in [1.807, 2.05) is 56.3 Å². The third-order valence-electron chi connectivity index (χ3n) is 3.70. The summed E-state index contributed by atoms with van der Waals surface area (Å²) in [4.78, 5) is 11.7. The zero-order chi connectivity index (χ0) is 18.8. The quantitative estimate of drug-likeness (QED) is 0.676. The molecule has 2 aromatic carbocycles. The molecule has 0 saturated heterocycles. The minimum absolute atomic E-state index is 0.243. The first-order valence-corrected chi connectivity index (χ1v) is 8.57. The van der Waals surface area contributed by atoms with Crippen LogP contribution in [0.1, 0.15) is 11.1 Å². The third kappa shape index (κ3) is 6.55. The van der Waals surface area contributed by atoms with Crippen molar-refractivity contribution in [2.45, 2.75) is 13.8 Å². The van der Waals surface area contributed by atoms with Gasteiger partial charge in [-0.1, -0.05) is 12.1 Å². The number of urea groups is 1. The van der Waals surface area contributed by atoms with Gasteiger partial charge in [0, 0.05) is 0 Å². The molecule has 2 N–H and O–H groups in total. The van der Waals surface area contributed by atoms with Crippen LogP contribution in [0.25, 0.3) is 0 Å². The normalized spacial score (nSPS) is 10.1. The lowest BCUT2D eigenvalue weighted by molar-refractivity contribution is 0.232. The summed E-state index contributed by atoms with van der Waals surface area (Å²) in [7, 11) is 1.62. The van der Waals surface area contributed by atoms with Gasteiger partial charge in [0.05, 0.1) is 20.2 Å². The predicted molar refractivity (Wildman–Crippen MR) is 101 cm³/mol. The van der Waals surface area contributed by atoms with Gasteiger partial charge in [-0.2, -0.15) is 0 Å². The highest BCUT2D eigenvalue weighted by atomic mass is 16.5. The van der Waals surface area contributed by atoms with Gasteiger partial charge in [0.25, 0.3) is 0 Å². The van der Waals surface area contributed by atoms with Crippen molar-refractivity contribution in [1.29, 1.82) is 0 Å². The molecule has 6 nitrogen and oxygen atoms in total. The van der Waals surface area contributed by atoms with Gasteiger partial charge < -0.3 is 24.8 Å². The van der Waals surface area contributed by atoms with E-state index in [-0.39, 0.29) is 6.03 Å². The lowest BCUT2D eigenvalue weighted by Gasteiger charge is -2.11. The monoisotopic (exact) mass is 358 g/mol. The fraction of sp³-hybridized carbons (Fsp3) is 0.350. The number of hydrogen-bond acceptors (Lipinski definition) is 4. The van der Waals surface area contributed by atoms with Gasteiger partial charge in [0.15, 0.2) is 0 Å². The summed E-state index contributed by atoms with van der Waals surface area (Å²) in [6.07, 6.45) is 0. The molecule has 0 spiro atoms. The van der Waals surface area contributed by atoms with Crippen LogP contribution in [0.15, 0.2) is 42.5 Å². The Labute approximate surface area is 154 Å². The van der Waals surface area contributed by atoms with Crippen LogP contribution in [0, 0.1) is 13.8 Å². The Morgan fingerprint density at radius 3 is 2.15 bits per heavy atom. The van der Waals surface area contributed by atoms with Crippen LogP contribution in [0.3, 0.4) is 0 Å². The van der Waals surface area contributed by atoms with Gasteiger partial charge in [-0.25, -0.2) is 4.79 Å². The molecule has 0 aliphatic heterocycles. The van der Waals surface area contributed by atoms with Crippen LogP contribution in [0.4, 0.5) is 4.79 Å². The highest BCUT2D eigenvalue weighted by Crippen LogP contribution is 2.18. The Bertz CT molecular complexity index is 701. The van der Waals surface area contributed by atoms with Crippen molar-refractivity contribution in [3.8, 4) is 17.2 Å². The molecule has 2 rings (SSSR count). The summed E-state index contributed by atoms with van der Waals surface area (Å²) < 4.78 is 16.3. The molecule has 140 valence electrons. The summed E-state index contributed by atoms with van der Waals surface area (Å²) in [5.41, 5.74) is 2.23. The molecule has 2 aromatic rings. The average Bonchev–Trinajstić information content (AvgIpc) is 2.65. The number of methoxy groups -OCH3 is 1. The molecule has 0 bridgehead atoms. The minimum atomic E-state index is -0.243. The van der Waals surface area contributed by atoms with Crippen molar-refractivity contribution in [1.82, 2.24) is 10.6 Å². The number of ether oxygens (including phenoxy) is 3. The molecule has 0 saturated carbocycles. The van der Waals surface area contributed by atoms with Crippen molar-refractivity contribution in [3.05, 3.63) is 53.6 Å². The molecule has 0 aliphatic carbocycles. The Hall–Kier alpha value is -2.89. The van der Waals surface area contributed by atoms with Crippen molar-refractivity contribution in [2.24, 2.45) is 0 Å². The van der Waals surface area contributed by atoms with E-state index >= 15 is 0 Å². The topological polar surface area (TPSA) is 68.8 Å².